The zero-order valence-electron chi connectivity index (χ0n) is 15.6. The molecule has 2 atom stereocenters. The van der Waals surface area contributed by atoms with Crippen LogP contribution in [0.3, 0.4) is 0 Å². The molecule has 26 heavy (non-hydrogen) atoms. The molecule has 0 aliphatic carbocycles. The molecule has 1 aliphatic rings. The topological polar surface area (TPSA) is 43.8 Å². The van der Waals surface area contributed by atoms with Crippen molar-refractivity contribution in [2.45, 2.75) is 24.7 Å². The number of aromatic hydroxyl groups is 1. The van der Waals surface area contributed by atoms with Crippen LogP contribution in [-0.2, 0) is 4.79 Å². The van der Waals surface area contributed by atoms with E-state index >= 15 is 0 Å². The number of amides is 1. The van der Waals surface area contributed by atoms with Gasteiger partial charge in [0.25, 0.3) is 0 Å². The molecule has 0 aromatic heterocycles. The van der Waals surface area contributed by atoms with Crippen LogP contribution in [-0.4, -0.2) is 54.5 Å². The van der Waals surface area contributed by atoms with Gasteiger partial charge in [-0.05, 0) is 37.6 Å². The highest BCUT2D eigenvalue weighted by Gasteiger charge is 2.35. The van der Waals surface area contributed by atoms with Gasteiger partial charge in [0.15, 0.2) is 0 Å². The van der Waals surface area contributed by atoms with Gasteiger partial charge < -0.3 is 14.9 Å². The second-order valence-electron chi connectivity index (χ2n) is 7.29. The summed E-state index contributed by atoms with van der Waals surface area (Å²) < 4.78 is 0. The van der Waals surface area contributed by atoms with Gasteiger partial charge >= 0.3 is 0 Å². The van der Waals surface area contributed by atoms with Crippen LogP contribution in [0.25, 0.3) is 0 Å². The Morgan fingerprint density at radius 2 is 1.65 bits per heavy atom. The molecule has 1 amide bonds. The minimum atomic E-state index is -0.408. The smallest absolute Gasteiger partial charge is 0.230 e. The Kier molecular flexibility index (Phi) is 5.94. The van der Waals surface area contributed by atoms with Crippen molar-refractivity contribution in [2.24, 2.45) is 0 Å². The number of carbonyl (C=O) groups is 1. The van der Waals surface area contributed by atoms with Crippen LogP contribution < -0.4 is 0 Å². The van der Waals surface area contributed by atoms with Crippen LogP contribution in [0, 0.1) is 0 Å². The Hall–Kier alpha value is -2.33. The molecule has 0 spiro atoms. The van der Waals surface area contributed by atoms with E-state index < -0.39 is 5.92 Å². The Morgan fingerprint density at radius 3 is 2.27 bits per heavy atom. The Labute approximate surface area is 156 Å². The van der Waals surface area contributed by atoms with E-state index in [-0.39, 0.29) is 17.6 Å². The maximum atomic E-state index is 13.2. The fraction of sp³-hybridized carbons (Fsp3) is 0.409. The number of nitrogens with zero attached hydrogens (tertiary/aromatic N) is 2. The van der Waals surface area contributed by atoms with Gasteiger partial charge in [-0.3, -0.25) is 4.79 Å². The van der Waals surface area contributed by atoms with E-state index in [9.17, 15) is 9.90 Å². The number of phenolic OH excluding ortho intramolecular Hbond substituents is 1. The Balaban J connectivity index is 2.05. The number of para-hydroxylation sites is 1. The number of likely N-dealkylation sites (tertiary alicyclic amines) is 1. The number of hydrogen-bond acceptors (Lipinski definition) is 3. The third-order valence-corrected chi connectivity index (χ3v) is 5.26. The number of rotatable bonds is 6. The van der Waals surface area contributed by atoms with Crippen molar-refractivity contribution in [3.63, 3.8) is 0 Å². The summed E-state index contributed by atoms with van der Waals surface area (Å²) in [6.45, 7) is 2.97. The third kappa shape index (κ3) is 4.07. The molecule has 3 rings (SSSR count). The SMILES string of the molecule is CN(C)C(=O)C(c1ccccc1O)[C@H](CN1CCCC1)c1ccccc1. The molecular weight excluding hydrogens is 324 g/mol. The molecule has 1 heterocycles. The molecule has 1 N–H and O–H groups in total. The predicted molar refractivity (Wildman–Crippen MR) is 104 cm³/mol. The van der Waals surface area contributed by atoms with E-state index in [0.717, 1.165) is 25.2 Å². The second kappa shape index (κ2) is 8.37. The molecule has 2 aromatic rings. The lowest BCUT2D eigenvalue weighted by Crippen LogP contribution is -2.36. The standard InChI is InChI=1S/C22H28N2O2/c1-23(2)22(26)21(18-12-6-7-13-20(18)25)19(16-24-14-8-9-15-24)17-10-4-3-5-11-17/h3-7,10-13,19,21,25H,8-9,14-16H2,1-2H3/t19-,21?/m1/s1. The lowest BCUT2D eigenvalue weighted by Gasteiger charge is -2.32. The summed E-state index contributed by atoms with van der Waals surface area (Å²) in [6, 6.07) is 17.5. The van der Waals surface area contributed by atoms with E-state index in [1.165, 1.54) is 12.8 Å². The molecule has 1 unspecified atom stereocenters. The highest BCUT2D eigenvalue weighted by molar-refractivity contribution is 5.85. The molecule has 1 fully saturated rings. The van der Waals surface area contributed by atoms with Crippen molar-refractivity contribution in [1.82, 2.24) is 9.80 Å². The van der Waals surface area contributed by atoms with Gasteiger partial charge in [0.05, 0.1) is 5.92 Å². The zero-order valence-corrected chi connectivity index (χ0v) is 15.6. The van der Waals surface area contributed by atoms with Crippen molar-refractivity contribution < 1.29 is 9.90 Å². The quantitative estimate of drug-likeness (QED) is 0.866. The average Bonchev–Trinajstić information content (AvgIpc) is 3.16. The van der Waals surface area contributed by atoms with Crippen LogP contribution in [0.15, 0.2) is 54.6 Å². The summed E-state index contributed by atoms with van der Waals surface area (Å²) in [6.07, 6.45) is 2.43. The Bertz CT molecular complexity index is 724. The molecule has 2 aromatic carbocycles. The lowest BCUT2D eigenvalue weighted by molar-refractivity contribution is -0.131. The van der Waals surface area contributed by atoms with Gasteiger partial charge in [-0.25, -0.2) is 0 Å². The summed E-state index contributed by atoms with van der Waals surface area (Å²) in [7, 11) is 3.57. The third-order valence-electron chi connectivity index (χ3n) is 5.26. The van der Waals surface area contributed by atoms with Gasteiger partial charge in [0, 0.05) is 32.1 Å². The predicted octanol–water partition coefficient (Wildman–Crippen LogP) is 3.44. The van der Waals surface area contributed by atoms with Gasteiger partial charge in [-0.2, -0.15) is 0 Å². The number of hydrogen-bond donors (Lipinski definition) is 1. The minimum absolute atomic E-state index is 0.00231. The largest absolute Gasteiger partial charge is 0.508 e. The van der Waals surface area contributed by atoms with Crippen LogP contribution >= 0.6 is 0 Å². The molecule has 4 nitrogen and oxygen atoms in total. The van der Waals surface area contributed by atoms with Gasteiger partial charge in [-0.15, -0.1) is 0 Å². The van der Waals surface area contributed by atoms with Gasteiger partial charge in [0.2, 0.25) is 5.91 Å². The minimum Gasteiger partial charge on any atom is -0.508 e. The highest BCUT2D eigenvalue weighted by atomic mass is 16.3. The summed E-state index contributed by atoms with van der Waals surface area (Å²) in [5.74, 6) is -0.193. The highest BCUT2D eigenvalue weighted by Crippen LogP contribution is 2.39. The summed E-state index contributed by atoms with van der Waals surface area (Å²) >= 11 is 0. The van der Waals surface area contributed by atoms with E-state index in [4.69, 9.17) is 0 Å². The molecule has 1 aliphatic heterocycles. The lowest BCUT2D eigenvalue weighted by atomic mass is 9.79. The molecule has 4 heteroatoms. The van der Waals surface area contributed by atoms with Crippen molar-refractivity contribution in [3.05, 3.63) is 65.7 Å². The number of phenols is 1. The number of carbonyl (C=O) groups excluding carboxylic acids is 1. The van der Waals surface area contributed by atoms with Gasteiger partial charge in [-0.1, -0.05) is 48.5 Å². The van der Waals surface area contributed by atoms with Crippen LogP contribution in [0.1, 0.15) is 35.8 Å². The molecule has 0 bridgehead atoms. The van der Waals surface area contributed by atoms with Gasteiger partial charge in [0.1, 0.15) is 5.75 Å². The number of likely N-dealkylation sites (N-methyl/N-ethyl adjacent to an activating group) is 1. The molecule has 0 saturated carbocycles. The summed E-state index contributed by atoms with van der Waals surface area (Å²) in [4.78, 5) is 17.3. The van der Waals surface area contributed by atoms with Crippen LogP contribution in [0.4, 0.5) is 0 Å². The van der Waals surface area contributed by atoms with Crippen molar-refractivity contribution >= 4 is 5.91 Å². The molecule has 138 valence electrons. The number of benzene rings is 2. The first-order valence-electron chi connectivity index (χ1n) is 9.34. The van der Waals surface area contributed by atoms with E-state index in [0.29, 0.717) is 5.56 Å². The fourth-order valence-electron chi connectivity index (χ4n) is 3.90. The van der Waals surface area contributed by atoms with Crippen molar-refractivity contribution in [2.75, 3.05) is 33.7 Å². The van der Waals surface area contributed by atoms with Crippen molar-refractivity contribution in [3.8, 4) is 5.75 Å². The van der Waals surface area contributed by atoms with E-state index in [2.05, 4.69) is 17.0 Å². The molecule has 1 saturated heterocycles. The zero-order chi connectivity index (χ0) is 18.5. The second-order valence-corrected chi connectivity index (χ2v) is 7.29. The maximum absolute atomic E-state index is 13.2. The molecular formula is C22H28N2O2. The van der Waals surface area contributed by atoms with E-state index in [1.807, 2.05) is 30.3 Å². The van der Waals surface area contributed by atoms with Crippen LogP contribution in [0.5, 0.6) is 5.75 Å². The normalized spacial score (nSPS) is 17.0. The first-order valence-corrected chi connectivity index (χ1v) is 9.34. The summed E-state index contributed by atoms with van der Waals surface area (Å²) in [5, 5.41) is 10.5. The maximum Gasteiger partial charge on any atom is 0.230 e. The first-order chi connectivity index (χ1) is 12.6. The summed E-state index contributed by atoms with van der Waals surface area (Å²) in [5.41, 5.74) is 1.85. The molecule has 0 radical (unpaired) electrons. The fourth-order valence-corrected chi connectivity index (χ4v) is 3.90. The average molecular weight is 352 g/mol. The monoisotopic (exact) mass is 352 g/mol. The van der Waals surface area contributed by atoms with Crippen LogP contribution in [0.2, 0.25) is 0 Å². The first kappa shape index (κ1) is 18.5. The Morgan fingerprint density at radius 1 is 1.04 bits per heavy atom. The van der Waals surface area contributed by atoms with E-state index in [1.54, 1.807) is 31.1 Å². The van der Waals surface area contributed by atoms with Crippen molar-refractivity contribution in [1.29, 1.82) is 0 Å².